The molecule has 0 atom stereocenters. The Labute approximate surface area is 113 Å². The first-order chi connectivity index (χ1) is 9.07. The number of aromatic nitrogens is 2. The number of carboxylic acid groups (broad SMARTS) is 1. The van der Waals surface area contributed by atoms with Gasteiger partial charge in [-0.1, -0.05) is 0 Å². The lowest BCUT2D eigenvalue weighted by Crippen LogP contribution is -2.51. The quantitative estimate of drug-likeness (QED) is 0.846. The van der Waals surface area contributed by atoms with Crippen molar-refractivity contribution in [3.8, 4) is 0 Å². The van der Waals surface area contributed by atoms with E-state index in [1.165, 1.54) is 38.5 Å². The zero-order valence-corrected chi connectivity index (χ0v) is 11.5. The minimum absolute atomic E-state index is 0.477. The number of imidazole rings is 1. The van der Waals surface area contributed by atoms with Gasteiger partial charge in [0.15, 0.2) is 0 Å². The maximum absolute atomic E-state index is 9.00. The van der Waals surface area contributed by atoms with Crippen molar-refractivity contribution < 1.29 is 9.90 Å². The highest BCUT2D eigenvalue weighted by Gasteiger charge is 2.51. The summed E-state index contributed by atoms with van der Waals surface area (Å²) >= 11 is 0. The predicted octanol–water partition coefficient (Wildman–Crippen LogP) is 2.90. The Morgan fingerprint density at radius 3 is 2.05 bits per heavy atom. The second-order valence-electron chi connectivity index (χ2n) is 6.63. The Morgan fingerprint density at radius 2 is 1.68 bits per heavy atom. The van der Waals surface area contributed by atoms with Gasteiger partial charge in [-0.2, -0.15) is 0 Å². The zero-order chi connectivity index (χ0) is 13.5. The fourth-order valence-electron chi connectivity index (χ4n) is 4.92. The number of nitrogens with zero attached hydrogens (tertiary/aromatic N) is 2. The Kier molecular flexibility index (Phi) is 3.11. The van der Waals surface area contributed by atoms with Gasteiger partial charge >= 0.3 is 0 Å². The van der Waals surface area contributed by atoms with E-state index < -0.39 is 5.97 Å². The van der Waals surface area contributed by atoms with E-state index in [0.29, 0.717) is 5.54 Å². The molecule has 4 bridgehead atoms. The molecule has 4 aliphatic carbocycles. The fourth-order valence-corrected chi connectivity index (χ4v) is 4.92. The van der Waals surface area contributed by atoms with Gasteiger partial charge in [0.25, 0.3) is 5.97 Å². The summed E-state index contributed by atoms with van der Waals surface area (Å²) in [6.45, 7) is 1.08. The molecule has 4 aliphatic rings. The van der Waals surface area contributed by atoms with Crippen molar-refractivity contribution in [1.82, 2.24) is 9.55 Å². The molecule has 0 aliphatic heterocycles. The molecule has 4 heteroatoms. The SMILES string of the molecule is CC(=O)O.c1cn(C23CC4CC(CC(C4)C2)C3)cn1. The van der Waals surface area contributed by atoms with Crippen molar-refractivity contribution >= 4 is 5.97 Å². The molecular formula is C15H22N2O2. The van der Waals surface area contributed by atoms with Gasteiger partial charge in [-0.3, -0.25) is 4.79 Å². The number of carbonyl (C=O) groups is 1. The van der Waals surface area contributed by atoms with E-state index in [2.05, 4.69) is 15.7 Å². The van der Waals surface area contributed by atoms with E-state index in [1.807, 2.05) is 12.5 Å². The van der Waals surface area contributed by atoms with E-state index >= 15 is 0 Å². The summed E-state index contributed by atoms with van der Waals surface area (Å²) in [5.41, 5.74) is 0.477. The standard InChI is InChI=1S/C13H18N2.C2H4O2/c1-2-15(9-14-1)13-6-10-3-11(7-13)5-12(4-10)8-13;1-2(3)4/h1-2,9-12H,3-8H2;1H3,(H,3,4). The Morgan fingerprint density at radius 1 is 1.21 bits per heavy atom. The van der Waals surface area contributed by atoms with Crippen molar-refractivity contribution in [3.05, 3.63) is 18.7 Å². The molecule has 4 fully saturated rings. The molecule has 0 unspecified atom stereocenters. The van der Waals surface area contributed by atoms with Crippen LogP contribution in [0.2, 0.25) is 0 Å². The molecule has 104 valence electrons. The molecule has 19 heavy (non-hydrogen) atoms. The number of aliphatic carboxylic acids is 1. The molecule has 0 amide bonds. The third kappa shape index (κ3) is 2.40. The molecule has 1 heterocycles. The Balaban J connectivity index is 0.000000247. The van der Waals surface area contributed by atoms with Crippen LogP contribution in [-0.2, 0) is 10.3 Å². The van der Waals surface area contributed by atoms with Crippen LogP contribution in [0, 0.1) is 17.8 Å². The highest BCUT2D eigenvalue weighted by molar-refractivity contribution is 5.62. The monoisotopic (exact) mass is 262 g/mol. The minimum atomic E-state index is -0.833. The van der Waals surface area contributed by atoms with Crippen LogP contribution in [0.25, 0.3) is 0 Å². The summed E-state index contributed by atoms with van der Waals surface area (Å²) in [6, 6.07) is 0. The third-order valence-electron chi connectivity index (χ3n) is 5.06. The van der Waals surface area contributed by atoms with Gasteiger partial charge in [-0.05, 0) is 56.3 Å². The van der Waals surface area contributed by atoms with Crippen LogP contribution in [-0.4, -0.2) is 20.6 Å². The van der Waals surface area contributed by atoms with Crippen LogP contribution in [0.1, 0.15) is 45.4 Å². The largest absolute Gasteiger partial charge is 0.481 e. The van der Waals surface area contributed by atoms with Crippen molar-refractivity contribution in [2.45, 2.75) is 51.0 Å². The highest BCUT2D eigenvalue weighted by atomic mass is 16.4. The van der Waals surface area contributed by atoms with Crippen LogP contribution in [0.15, 0.2) is 18.7 Å². The van der Waals surface area contributed by atoms with Crippen molar-refractivity contribution in [1.29, 1.82) is 0 Å². The Hall–Kier alpha value is -1.32. The second-order valence-corrected chi connectivity index (χ2v) is 6.63. The molecule has 4 saturated carbocycles. The number of carboxylic acids is 1. The van der Waals surface area contributed by atoms with E-state index in [-0.39, 0.29) is 0 Å². The molecule has 1 aromatic rings. The molecule has 4 nitrogen and oxygen atoms in total. The molecule has 1 aromatic heterocycles. The molecule has 1 N–H and O–H groups in total. The second kappa shape index (κ2) is 4.66. The maximum Gasteiger partial charge on any atom is 0.300 e. The van der Waals surface area contributed by atoms with E-state index in [0.717, 1.165) is 24.7 Å². The number of rotatable bonds is 1. The summed E-state index contributed by atoms with van der Waals surface area (Å²) in [4.78, 5) is 13.2. The van der Waals surface area contributed by atoms with E-state index in [1.54, 1.807) is 0 Å². The summed E-state index contributed by atoms with van der Waals surface area (Å²) in [5.74, 6) is 2.25. The lowest BCUT2D eigenvalue weighted by atomic mass is 9.53. The molecule has 0 aromatic carbocycles. The molecule has 0 spiro atoms. The van der Waals surface area contributed by atoms with Gasteiger partial charge < -0.3 is 9.67 Å². The lowest BCUT2D eigenvalue weighted by Gasteiger charge is -2.57. The van der Waals surface area contributed by atoms with Gasteiger partial charge in [0.1, 0.15) is 0 Å². The van der Waals surface area contributed by atoms with Crippen molar-refractivity contribution in [3.63, 3.8) is 0 Å². The zero-order valence-electron chi connectivity index (χ0n) is 11.5. The van der Waals surface area contributed by atoms with Gasteiger partial charge in [0, 0.05) is 24.9 Å². The van der Waals surface area contributed by atoms with Crippen molar-refractivity contribution in [2.24, 2.45) is 17.8 Å². The highest BCUT2D eigenvalue weighted by Crippen LogP contribution is 2.58. The molecular weight excluding hydrogens is 240 g/mol. The minimum Gasteiger partial charge on any atom is -0.481 e. The van der Waals surface area contributed by atoms with E-state index in [4.69, 9.17) is 9.90 Å². The van der Waals surface area contributed by atoms with Gasteiger partial charge in [-0.25, -0.2) is 4.98 Å². The fraction of sp³-hybridized carbons (Fsp3) is 0.733. The van der Waals surface area contributed by atoms with Crippen LogP contribution in [0.5, 0.6) is 0 Å². The van der Waals surface area contributed by atoms with Gasteiger partial charge in [0.2, 0.25) is 0 Å². The summed E-state index contributed by atoms with van der Waals surface area (Å²) < 4.78 is 2.43. The van der Waals surface area contributed by atoms with Crippen LogP contribution in [0.4, 0.5) is 0 Å². The number of hydrogen-bond donors (Lipinski definition) is 1. The smallest absolute Gasteiger partial charge is 0.300 e. The van der Waals surface area contributed by atoms with Crippen LogP contribution >= 0.6 is 0 Å². The van der Waals surface area contributed by atoms with Crippen LogP contribution < -0.4 is 0 Å². The summed E-state index contributed by atoms with van der Waals surface area (Å²) in [5, 5.41) is 7.42. The normalized spacial score (nSPS) is 38.7. The van der Waals surface area contributed by atoms with E-state index in [9.17, 15) is 0 Å². The first-order valence-corrected chi connectivity index (χ1v) is 7.25. The average molecular weight is 262 g/mol. The molecule has 5 rings (SSSR count). The molecule has 0 saturated heterocycles. The topological polar surface area (TPSA) is 55.1 Å². The van der Waals surface area contributed by atoms with Crippen molar-refractivity contribution in [2.75, 3.05) is 0 Å². The summed E-state index contributed by atoms with van der Waals surface area (Å²) in [6.07, 6.45) is 15.0. The van der Waals surface area contributed by atoms with Gasteiger partial charge in [0.05, 0.1) is 6.33 Å². The first kappa shape index (κ1) is 12.7. The Bertz CT molecular complexity index is 413. The molecule has 0 radical (unpaired) electrons. The number of hydrogen-bond acceptors (Lipinski definition) is 2. The maximum atomic E-state index is 9.00. The van der Waals surface area contributed by atoms with Crippen LogP contribution in [0.3, 0.4) is 0 Å². The predicted molar refractivity (Wildman–Crippen MR) is 71.7 cm³/mol. The first-order valence-electron chi connectivity index (χ1n) is 7.25. The third-order valence-corrected chi connectivity index (χ3v) is 5.06. The lowest BCUT2D eigenvalue weighted by molar-refractivity contribution is -0.134. The summed E-state index contributed by atoms with van der Waals surface area (Å²) in [7, 11) is 0. The average Bonchev–Trinajstić information content (AvgIpc) is 2.79. The van der Waals surface area contributed by atoms with Gasteiger partial charge in [-0.15, -0.1) is 0 Å².